The molecule has 3 N–H and O–H groups in total. The molecule has 29 heavy (non-hydrogen) atoms. The summed E-state index contributed by atoms with van der Waals surface area (Å²) in [6.07, 6.45) is 7.61. The van der Waals surface area contributed by atoms with Crippen molar-refractivity contribution in [2.75, 3.05) is 6.61 Å². The SMILES string of the molecule is Cc1ccc(C(C)C)c(OCC(=O)NNC(=S)NC(=O)CCC2CCCCC2)c1. The summed E-state index contributed by atoms with van der Waals surface area (Å²) in [5.41, 5.74) is 7.14. The third-order valence-corrected chi connectivity index (χ3v) is 5.43. The van der Waals surface area contributed by atoms with Crippen LogP contribution < -0.4 is 20.9 Å². The van der Waals surface area contributed by atoms with Gasteiger partial charge in [-0.05, 0) is 54.6 Å². The molecule has 0 unspecified atom stereocenters. The van der Waals surface area contributed by atoms with Crippen molar-refractivity contribution in [1.29, 1.82) is 0 Å². The predicted molar refractivity (Wildman–Crippen MR) is 119 cm³/mol. The van der Waals surface area contributed by atoms with Crippen LogP contribution in [-0.4, -0.2) is 23.5 Å². The van der Waals surface area contributed by atoms with E-state index in [0.717, 1.165) is 17.5 Å². The van der Waals surface area contributed by atoms with Gasteiger partial charge in [0.25, 0.3) is 5.91 Å². The van der Waals surface area contributed by atoms with Gasteiger partial charge in [0, 0.05) is 6.42 Å². The Morgan fingerprint density at radius 2 is 1.86 bits per heavy atom. The van der Waals surface area contributed by atoms with Crippen molar-refractivity contribution in [2.24, 2.45) is 5.92 Å². The zero-order valence-corrected chi connectivity index (χ0v) is 18.5. The molecule has 0 bridgehead atoms. The van der Waals surface area contributed by atoms with Crippen LogP contribution in [0.4, 0.5) is 0 Å². The molecule has 1 fully saturated rings. The Morgan fingerprint density at radius 3 is 2.55 bits per heavy atom. The Morgan fingerprint density at radius 1 is 1.14 bits per heavy atom. The Hall–Kier alpha value is -2.15. The molecular formula is C22H33N3O3S. The fourth-order valence-corrected chi connectivity index (χ4v) is 3.75. The van der Waals surface area contributed by atoms with Crippen molar-refractivity contribution in [3.8, 4) is 5.75 Å². The van der Waals surface area contributed by atoms with E-state index in [1.807, 2.05) is 25.1 Å². The van der Waals surface area contributed by atoms with E-state index in [4.69, 9.17) is 17.0 Å². The number of amides is 2. The molecule has 7 heteroatoms. The summed E-state index contributed by atoms with van der Waals surface area (Å²) in [6, 6.07) is 5.97. The van der Waals surface area contributed by atoms with Gasteiger partial charge in [-0.1, -0.05) is 58.1 Å². The van der Waals surface area contributed by atoms with E-state index >= 15 is 0 Å². The predicted octanol–water partition coefficient (Wildman–Crippen LogP) is 3.88. The summed E-state index contributed by atoms with van der Waals surface area (Å²) < 4.78 is 5.68. The Labute approximate surface area is 179 Å². The molecule has 1 aliphatic carbocycles. The van der Waals surface area contributed by atoms with E-state index in [0.29, 0.717) is 24.0 Å². The Bertz CT molecular complexity index is 715. The molecule has 1 aromatic rings. The molecule has 1 aromatic carbocycles. The van der Waals surface area contributed by atoms with Crippen molar-refractivity contribution in [1.82, 2.24) is 16.2 Å². The second-order valence-corrected chi connectivity index (χ2v) is 8.49. The van der Waals surface area contributed by atoms with Crippen molar-refractivity contribution >= 4 is 29.1 Å². The van der Waals surface area contributed by atoms with Gasteiger partial charge in [-0.2, -0.15) is 0 Å². The lowest BCUT2D eigenvalue weighted by Crippen LogP contribution is -2.49. The highest BCUT2D eigenvalue weighted by Gasteiger charge is 2.15. The van der Waals surface area contributed by atoms with Gasteiger partial charge in [0.2, 0.25) is 5.91 Å². The van der Waals surface area contributed by atoms with E-state index in [9.17, 15) is 9.59 Å². The Balaban J connectivity index is 1.67. The van der Waals surface area contributed by atoms with Crippen molar-refractivity contribution < 1.29 is 14.3 Å². The minimum atomic E-state index is -0.375. The van der Waals surface area contributed by atoms with Crippen LogP contribution >= 0.6 is 12.2 Å². The first-order valence-electron chi connectivity index (χ1n) is 10.5. The molecule has 1 aliphatic rings. The number of hydrogen-bond acceptors (Lipinski definition) is 4. The van der Waals surface area contributed by atoms with Gasteiger partial charge in [0.1, 0.15) is 5.75 Å². The van der Waals surface area contributed by atoms with Crippen LogP contribution in [0.1, 0.15) is 75.8 Å². The first kappa shape index (κ1) is 23.1. The van der Waals surface area contributed by atoms with Gasteiger partial charge in [0.05, 0.1) is 0 Å². The highest BCUT2D eigenvalue weighted by molar-refractivity contribution is 7.80. The maximum Gasteiger partial charge on any atom is 0.276 e. The van der Waals surface area contributed by atoms with Crippen molar-refractivity contribution in [3.05, 3.63) is 29.3 Å². The normalized spacial score (nSPS) is 14.3. The molecule has 1 saturated carbocycles. The molecule has 0 radical (unpaired) electrons. The Kier molecular flexibility index (Phi) is 9.38. The van der Waals surface area contributed by atoms with Crippen LogP contribution in [0.25, 0.3) is 0 Å². The van der Waals surface area contributed by atoms with Gasteiger partial charge in [-0.15, -0.1) is 0 Å². The first-order valence-corrected chi connectivity index (χ1v) is 10.9. The lowest BCUT2D eigenvalue weighted by molar-refractivity contribution is -0.124. The van der Waals surface area contributed by atoms with Crippen molar-refractivity contribution in [2.45, 2.75) is 71.6 Å². The summed E-state index contributed by atoms with van der Waals surface area (Å²) in [6.45, 7) is 5.99. The van der Waals surface area contributed by atoms with E-state index in [1.165, 1.54) is 32.1 Å². The molecule has 0 heterocycles. The zero-order chi connectivity index (χ0) is 21.2. The van der Waals surface area contributed by atoms with Crippen LogP contribution in [0.3, 0.4) is 0 Å². The van der Waals surface area contributed by atoms with Gasteiger partial charge in [-0.25, -0.2) is 0 Å². The molecule has 2 amide bonds. The van der Waals surface area contributed by atoms with E-state index < -0.39 is 0 Å². The van der Waals surface area contributed by atoms with Crippen LogP contribution in [0, 0.1) is 12.8 Å². The summed E-state index contributed by atoms with van der Waals surface area (Å²) in [5.74, 6) is 1.14. The number of benzene rings is 1. The monoisotopic (exact) mass is 419 g/mol. The molecule has 160 valence electrons. The minimum absolute atomic E-state index is 0.0884. The van der Waals surface area contributed by atoms with Crippen LogP contribution in [-0.2, 0) is 9.59 Å². The molecule has 0 atom stereocenters. The number of aryl methyl sites for hydroxylation is 1. The summed E-state index contributed by atoms with van der Waals surface area (Å²) in [4.78, 5) is 24.0. The largest absolute Gasteiger partial charge is 0.483 e. The number of hydrazine groups is 1. The summed E-state index contributed by atoms with van der Waals surface area (Å²) >= 11 is 5.07. The van der Waals surface area contributed by atoms with Gasteiger partial charge in [0.15, 0.2) is 11.7 Å². The topological polar surface area (TPSA) is 79.5 Å². The number of carbonyl (C=O) groups excluding carboxylic acids is 2. The molecule has 2 rings (SSSR count). The average Bonchev–Trinajstić information content (AvgIpc) is 2.69. The lowest BCUT2D eigenvalue weighted by atomic mass is 9.86. The third kappa shape index (κ3) is 8.40. The van der Waals surface area contributed by atoms with Crippen LogP contribution in [0.2, 0.25) is 0 Å². The average molecular weight is 420 g/mol. The van der Waals surface area contributed by atoms with Crippen LogP contribution in [0.5, 0.6) is 5.75 Å². The summed E-state index contributed by atoms with van der Waals surface area (Å²) in [7, 11) is 0. The second kappa shape index (κ2) is 11.8. The molecule has 6 nitrogen and oxygen atoms in total. The minimum Gasteiger partial charge on any atom is -0.483 e. The molecule has 0 aromatic heterocycles. The third-order valence-electron chi connectivity index (χ3n) is 5.22. The maximum atomic E-state index is 12.0. The highest BCUT2D eigenvalue weighted by atomic mass is 32.1. The zero-order valence-electron chi connectivity index (χ0n) is 17.7. The number of rotatable bonds is 7. The molecular weight excluding hydrogens is 386 g/mol. The number of carbonyl (C=O) groups is 2. The molecule has 0 aliphatic heterocycles. The van der Waals surface area contributed by atoms with Crippen molar-refractivity contribution in [3.63, 3.8) is 0 Å². The number of hydrogen-bond donors (Lipinski definition) is 3. The van der Waals surface area contributed by atoms with Gasteiger partial charge in [-0.3, -0.25) is 20.4 Å². The number of nitrogens with one attached hydrogen (secondary N) is 3. The van der Waals surface area contributed by atoms with Gasteiger partial charge < -0.3 is 10.1 Å². The number of thiocarbonyl (C=S) groups is 1. The fraction of sp³-hybridized carbons (Fsp3) is 0.591. The first-order chi connectivity index (χ1) is 13.8. The number of ether oxygens (including phenoxy) is 1. The van der Waals surface area contributed by atoms with E-state index in [-0.39, 0.29) is 23.5 Å². The lowest BCUT2D eigenvalue weighted by Gasteiger charge is -2.21. The summed E-state index contributed by atoms with van der Waals surface area (Å²) in [5, 5.41) is 2.69. The molecule has 0 spiro atoms. The maximum absolute atomic E-state index is 12.0. The second-order valence-electron chi connectivity index (χ2n) is 8.08. The van der Waals surface area contributed by atoms with Crippen LogP contribution in [0.15, 0.2) is 18.2 Å². The standard InChI is InChI=1S/C22H33N3O3S/c1-15(2)18-11-9-16(3)13-19(18)28-14-21(27)24-25-22(29)23-20(26)12-10-17-7-5-4-6-8-17/h9,11,13,15,17H,4-8,10,12,14H2,1-3H3,(H,24,27)(H2,23,25,26,29). The van der Waals surface area contributed by atoms with Gasteiger partial charge >= 0.3 is 0 Å². The highest BCUT2D eigenvalue weighted by Crippen LogP contribution is 2.28. The smallest absolute Gasteiger partial charge is 0.276 e. The van der Waals surface area contributed by atoms with E-state index in [2.05, 4.69) is 30.0 Å². The van der Waals surface area contributed by atoms with E-state index in [1.54, 1.807) is 0 Å². The quantitative estimate of drug-likeness (QED) is 0.462. The molecule has 0 saturated heterocycles. The fourth-order valence-electron chi connectivity index (χ4n) is 3.58.